The van der Waals surface area contributed by atoms with Crippen LogP contribution in [0.1, 0.15) is 18.6 Å². The van der Waals surface area contributed by atoms with Crippen LogP contribution in [0.25, 0.3) is 0 Å². The van der Waals surface area contributed by atoms with Crippen molar-refractivity contribution in [2.45, 2.75) is 13.0 Å². The predicted molar refractivity (Wildman–Crippen MR) is 56.3 cm³/mol. The standard InChI is InChI=1S/C10H12BrFO2/c1-2-14-9-4-7(10(13)6-11)3-8(12)5-9/h3-5,10,13H,2,6H2,1H3. The summed E-state index contributed by atoms with van der Waals surface area (Å²) in [5, 5.41) is 9.85. The molecule has 0 radical (unpaired) electrons. The molecule has 0 saturated heterocycles. The second kappa shape index (κ2) is 5.32. The van der Waals surface area contributed by atoms with Gasteiger partial charge in [0.1, 0.15) is 11.6 Å². The Kier molecular flexibility index (Phi) is 4.35. The van der Waals surface area contributed by atoms with Gasteiger partial charge in [0, 0.05) is 11.4 Å². The Hall–Kier alpha value is -0.610. The lowest BCUT2D eigenvalue weighted by Crippen LogP contribution is -2.00. The van der Waals surface area contributed by atoms with Crippen LogP contribution in [0.2, 0.25) is 0 Å². The summed E-state index contributed by atoms with van der Waals surface area (Å²) >= 11 is 3.13. The van der Waals surface area contributed by atoms with Gasteiger partial charge < -0.3 is 9.84 Å². The van der Waals surface area contributed by atoms with E-state index in [1.54, 1.807) is 6.07 Å². The molecule has 0 aliphatic heterocycles. The van der Waals surface area contributed by atoms with Crippen LogP contribution in [-0.2, 0) is 0 Å². The smallest absolute Gasteiger partial charge is 0.127 e. The maximum atomic E-state index is 13.0. The monoisotopic (exact) mass is 262 g/mol. The number of ether oxygens (including phenoxy) is 1. The predicted octanol–water partition coefficient (Wildman–Crippen LogP) is 2.65. The number of hydrogen-bond acceptors (Lipinski definition) is 2. The Bertz CT molecular complexity index is 304. The van der Waals surface area contributed by atoms with Crippen molar-refractivity contribution in [3.05, 3.63) is 29.6 Å². The molecule has 0 amide bonds. The fraction of sp³-hybridized carbons (Fsp3) is 0.400. The van der Waals surface area contributed by atoms with Gasteiger partial charge in [-0.2, -0.15) is 0 Å². The van der Waals surface area contributed by atoms with E-state index in [9.17, 15) is 9.50 Å². The highest BCUT2D eigenvalue weighted by Gasteiger charge is 2.09. The lowest BCUT2D eigenvalue weighted by atomic mass is 10.1. The quantitative estimate of drug-likeness (QED) is 0.846. The van der Waals surface area contributed by atoms with Crippen molar-refractivity contribution < 1.29 is 14.2 Å². The van der Waals surface area contributed by atoms with Crippen LogP contribution in [0.4, 0.5) is 4.39 Å². The van der Waals surface area contributed by atoms with Crippen LogP contribution in [0.3, 0.4) is 0 Å². The summed E-state index contributed by atoms with van der Waals surface area (Å²) in [6.07, 6.45) is -0.704. The molecule has 1 unspecified atom stereocenters. The molecule has 1 aromatic carbocycles. The maximum absolute atomic E-state index is 13.0. The largest absolute Gasteiger partial charge is 0.494 e. The van der Waals surface area contributed by atoms with Gasteiger partial charge in [0.25, 0.3) is 0 Å². The minimum Gasteiger partial charge on any atom is -0.494 e. The van der Waals surface area contributed by atoms with Crippen LogP contribution < -0.4 is 4.74 Å². The van der Waals surface area contributed by atoms with Gasteiger partial charge in [-0.05, 0) is 24.6 Å². The maximum Gasteiger partial charge on any atom is 0.127 e. The van der Waals surface area contributed by atoms with Crippen molar-refractivity contribution in [2.75, 3.05) is 11.9 Å². The van der Waals surface area contributed by atoms with Crippen LogP contribution >= 0.6 is 15.9 Å². The third kappa shape index (κ3) is 2.96. The zero-order valence-electron chi connectivity index (χ0n) is 7.84. The highest BCUT2D eigenvalue weighted by atomic mass is 79.9. The van der Waals surface area contributed by atoms with Crippen LogP contribution in [0, 0.1) is 5.82 Å². The van der Waals surface area contributed by atoms with E-state index in [2.05, 4.69) is 15.9 Å². The molecule has 4 heteroatoms. The van der Waals surface area contributed by atoms with E-state index in [0.717, 1.165) is 0 Å². The number of halogens is 2. The molecule has 78 valence electrons. The van der Waals surface area contributed by atoms with Gasteiger partial charge in [-0.15, -0.1) is 0 Å². The van der Waals surface area contributed by atoms with Crippen molar-refractivity contribution in [1.29, 1.82) is 0 Å². The SMILES string of the molecule is CCOc1cc(F)cc(C(O)CBr)c1. The molecule has 0 heterocycles. The number of benzene rings is 1. The number of hydrogen-bond donors (Lipinski definition) is 1. The highest BCUT2D eigenvalue weighted by Crippen LogP contribution is 2.22. The molecule has 1 aromatic rings. The van der Waals surface area contributed by atoms with Gasteiger partial charge in [-0.3, -0.25) is 0 Å². The van der Waals surface area contributed by atoms with Gasteiger partial charge in [-0.25, -0.2) is 4.39 Å². The molecule has 1 rings (SSSR count). The van der Waals surface area contributed by atoms with Crippen LogP contribution in [0.15, 0.2) is 18.2 Å². The number of alkyl halides is 1. The van der Waals surface area contributed by atoms with Gasteiger partial charge in [0.15, 0.2) is 0 Å². The number of aliphatic hydroxyl groups is 1. The molecule has 1 atom stereocenters. The molecule has 0 spiro atoms. The Balaban J connectivity index is 2.94. The molecule has 0 aliphatic rings. The summed E-state index contributed by atoms with van der Waals surface area (Å²) in [5.74, 6) is 0.0495. The molecule has 0 fully saturated rings. The third-order valence-corrected chi connectivity index (χ3v) is 2.35. The molecular weight excluding hydrogens is 251 g/mol. The topological polar surface area (TPSA) is 29.5 Å². The lowest BCUT2D eigenvalue weighted by Gasteiger charge is -2.10. The minimum atomic E-state index is -0.704. The fourth-order valence-corrected chi connectivity index (χ4v) is 1.49. The Morgan fingerprint density at radius 3 is 2.79 bits per heavy atom. The van der Waals surface area contributed by atoms with Crippen LogP contribution in [0.5, 0.6) is 5.75 Å². The van der Waals surface area contributed by atoms with E-state index in [1.165, 1.54) is 12.1 Å². The van der Waals surface area contributed by atoms with Crippen molar-refractivity contribution >= 4 is 15.9 Å². The van der Waals surface area contributed by atoms with Crippen molar-refractivity contribution in [1.82, 2.24) is 0 Å². The Labute approximate surface area is 90.8 Å². The molecule has 0 bridgehead atoms. The summed E-state index contributed by atoms with van der Waals surface area (Å²) in [6, 6.07) is 4.24. The van der Waals surface area contributed by atoms with Gasteiger partial charge in [-0.1, -0.05) is 15.9 Å². The first-order valence-electron chi connectivity index (χ1n) is 4.34. The van der Waals surface area contributed by atoms with Gasteiger partial charge in [0.2, 0.25) is 0 Å². The average Bonchev–Trinajstić information content (AvgIpc) is 2.16. The van der Waals surface area contributed by atoms with E-state index >= 15 is 0 Å². The normalized spacial score (nSPS) is 12.6. The lowest BCUT2D eigenvalue weighted by molar-refractivity contribution is 0.204. The third-order valence-electron chi connectivity index (χ3n) is 1.74. The summed E-state index contributed by atoms with van der Waals surface area (Å²) in [5.41, 5.74) is 0.519. The van der Waals surface area contributed by atoms with Crippen molar-refractivity contribution in [3.63, 3.8) is 0 Å². The zero-order valence-corrected chi connectivity index (χ0v) is 9.42. The molecule has 14 heavy (non-hydrogen) atoms. The first-order valence-corrected chi connectivity index (χ1v) is 5.46. The van der Waals surface area contributed by atoms with E-state index < -0.39 is 11.9 Å². The number of aliphatic hydroxyl groups excluding tert-OH is 1. The van der Waals surface area contributed by atoms with E-state index in [4.69, 9.17) is 4.74 Å². The second-order valence-electron chi connectivity index (χ2n) is 2.82. The summed E-state index contributed by atoms with van der Waals surface area (Å²) < 4.78 is 18.2. The molecular formula is C10H12BrFO2. The first-order chi connectivity index (χ1) is 6.67. The highest BCUT2D eigenvalue weighted by molar-refractivity contribution is 9.09. The zero-order chi connectivity index (χ0) is 10.6. The van der Waals surface area contributed by atoms with E-state index in [-0.39, 0.29) is 0 Å². The molecule has 0 aliphatic carbocycles. The van der Waals surface area contributed by atoms with Crippen molar-refractivity contribution in [3.8, 4) is 5.75 Å². The van der Waals surface area contributed by atoms with Gasteiger partial charge >= 0.3 is 0 Å². The summed E-state index contributed by atoms with van der Waals surface area (Å²) in [7, 11) is 0. The van der Waals surface area contributed by atoms with E-state index in [0.29, 0.717) is 23.2 Å². The molecule has 0 aromatic heterocycles. The van der Waals surface area contributed by atoms with Crippen molar-refractivity contribution in [2.24, 2.45) is 0 Å². The molecule has 0 saturated carbocycles. The Morgan fingerprint density at radius 1 is 1.50 bits per heavy atom. The molecule has 1 N–H and O–H groups in total. The number of rotatable bonds is 4. The summed E-state index contributed by atoms with van der Waals surface area (Å²) in [4.78, 5) is 0. The Morgan fingerprint density at radius 2 is 2.21 bits per heavy atom. The minimum absolute atomic E-state index is 0.377. The van der Waals surface area contributed by atoms with Crippen LogP contribution in [-0.4, -0.2) is 17.0 Å². The fourth-order valence-electron chi connectivity index (χ4n) is 1.12. The average molecular weight is 263 g/mol. The van der Waals surface area contributed by atoms with E-state index in [1.807, 2.05) is 6.92 Å². The first kappa shape index (κ1) is 11.5. The summed E-state index contributed by atoms with van der Waals surface area (Å²) in [6.45, 7) is 2.30. The molecule has 2 nitrogen and oxygen atoms in total. The van der Waals surface area contributed by atoms with Gasteiger partial charge in [0.05, 0.1) is 12.7 Å². The second-order valence-corrected chi connectivity index (χ2v) is 3.47.